The van der Waals surface area contributed by atoms with E-state index in [0.29, 0.717) is 25.9 Å². The predicted molar refractivity (Wildman–Crippen MR) is 287 cm³/mol. The lowest BCUT2D eigenvalue weighted by molar-refractivity contribution is -0.143. The molecule has 2 atom stereocenters. The molecule has 0 heterocycles. The van der Waals surface area contributed by atoms with E-state index in [1.807, 2.05) is 0 Å². The number of rotatable bonds is 56. The van der Waals surface area contributed by atoms with Crippen molar-refractivity contribution >= 4 is 11.9 Å². The summed E-state index contributed by atoms with van der Waals surface area (Å²) in [6, 6.07) is -0.556. The molecule has 0 aliphatic heterocycles. The lowest BCUT2D eigenvalue weighted by atomic mass is 10.0. The fourth-order valence-electron chi connectivity index (χ4n) is 9.46. The van der Waals surface area contributed by atoms with Gasteiger partial charge in [0.05, 0.1) is 25.4 Å². The Bertz CT molecular complexity index is 986. The lowest BCUT2D eigenvalue weighted by Gasteiger charge is -2.22. The van der Waals surface area contributed by atoms with Crippen LogP contribution in [0.1, 0.15) is 335 Å². The van der Waals surface area contributed by atoms with E-state index in [-0.39, 0.29) is 18.5 Å². The van der Waals surface area contributed by atoms with Crippen LogP contribution in [0.3, 0.4) is 0 Å². The van der Waals surface area contributed by atoms with Gasteiger partial charge in [0.25, 0.3) is 0 Å². The fraction of sp³-hybridized carbons (Fsp3) is 0.933. The topological polar surface area (TPSA) is 95.9 Å². The quantitative estimate of drug-likeness (QED) is 0.0321. The van der Waals surface area contributed by atoms with Crippen molar-refractivity contribution in [1.82, 2.24) is 5.32 Å². The Morgan fingerprint density at radius 2 is 0.712 bits per heavy atom. The summed E-state index contributed by atoms with van der Waals surface area (Å²) >= 11 is 0. The van der Waals surface area contributed by atoms with E-state index in [2.05, 4.69) is 31.3 Å². The van der Waals surface area contributed by atoms with Crippen molar-refractivity contribution in [3.8, 4) is 0 Å². The van der Waals surface area contributed by atoms with Crippen molar-refractivity contribution in [3.05, 3.63) is 12.2 Å². The van der Waals surface area contributed by atoms with Gasteiger partial charge in [-0.3, -0.25) is 9.59 Å². The first kappa shape index (κ1) is 64.6. The summed E-state index contributed by atoms with van der Waals surface area (Å²) in [5.74, 6) is -0.0632. The van der Waals surface area contributed by atoms with Crippen LogP contribution >= 0.6 is 0 Å². The van der Waals surface area contributed by atoms with Gasteiger partial charge in [-0.15, -0.1) is 0 Å². The van der Waals surface area contributed by atoms with Gasteiger partial charge in [-0.2, -0.15) is 0 Å². The molecule has 0 bridgehead atoms. The number of aliphatic hydroxyl groups is 2. The maximum Gasteiger partial charge on any atom is 0.305 e. The smallest absolute Gasteiger partial charge is 0.305 e. The Hall–Kier alpha value is -1.40. The Balaban J connectivity index is 3.44. The van der Waals surface area contributed by atoms with Crippen LogP contribution in [0.5, 0.6) is 0 Å². The lowest BCUT2D eigenvalue weighted by Crippen LogP contribution is -2.45. The highest BCUT2D eigenvalue weighted by Crippen LogP contribution is 2.18. The minimum atomic E-state index is -0.677. The van der Waals surface area contributed by atoms with Crippen molar-refractivity contribution in [2.75, 3.05) is 13.2 Å². The molecule has 1 amide bonds. The molecule has 6 nitrogen and oxygen atoms in total. The number of esters is 1. The van der Waals surface area contributed by atoms with Crippen molar-refractivity contribution in [2.45, 2.75) is 347 Å². The van der Waals surface area contributed by atoms with E-state index < -0.39 is 12.1 Å². The Kier molecular flexibility index (Phi) is 55.0. The molecule has 0 saturated carbocycles. The molecule has 0 aliphatic rings. The number of ether oxygens (including phenoxy) is 1. The number of nitrogens with one attached hydrogen (secondary N) is 1. The Labute approximate surface area is 412 Å². The van der Waals surface area contributed by atoms with Crippen molar-refractivity contribution in [2.24, 2.45) is 0 Å². The van der Waals surface area contributed by atoms with E-state index in [4.69, 9.17) is 4.74 Å². The molecule has 0 radical (unpaired) electrons. The molecular formula is C60H117NO5. The van der Waals surface area contributed by atoms with Gasteiger partial charge in [0.1, 0.15) is 0 Å². The largest absolute Gasteiger partial charge is 0.466 e. The molecule has 0 aromatic heterocycles. The highest BCUT2D eigenvalue weighted by molar-refractivity contribution is 5.76. The molecule has 66 heavy (non-hydrogen) atoms. The number of hydrogen-bond acceptors (Lipinski definition) is 5. The maximum absolute atomic E-state index is 12.5. The average Bonchev–Trinajstić information content (AvgIpc) is 3.32. The van der Waals surface area contributed by atoms with Crippen LogP contribution in [-0.2, 0) is 14.3 Å². The molecule has 3 N–H and O–H groups in total. The first-order valence-corrected chi connectivity index (χ1v) is 29.9. The first-order valence-electron chi connectivity index (χ1n) is 29.9. The molecule has 6 heteroatoms. The summed E-state index contributed by atoms with van der Waals surface area (Å²) in [4.78, 5) is 24.6. The predicted octanol–water partition coefficient (Wildman–Crippen LogP) is 18.5. The SMILES string of the molecule is CCCCCCCC/C=C\CCCCCCCCCCCC(=O)OCCCCCCCCCCCCCC(=O)NC(CO)C(O)CCCCCCCCCCCCCCCCCCCCC. The number of allylic oxidation sites excluding steroid dienone is 2. The van der Waals surface area contributed by atoms with Crippen LogP contribution in [-0.4, -0.2) is 47.4 Å². The van der Waals surface area contributed by atoms with Gasteiger partial charge in [0, 0.05) is 12.8 Å². The van der Waals surface area contributed by atoms with Crippen LogP contribution in [0.2, 0.25) is 0 Å². The number of carbonyl (C=O) groups is 2. The Morgan fingerprint density at radius 1 is 0.409 bits per heavy atom. The molecule has 0 saturated heterocycles. The molecule has 2 unspecified atom stereocenters. The van der Waals surface area contributed by atoms with Gasteiger partial charge >= 0.3 is 5.97 Å². The molecule has 392 valence electrons. The van der Waals surface area contributed by atoms with Crippen molar-refractivity contribution in [1.29, 1.82) is 0 Å². The van der Waals surface area contributed by atoms with Crippen molar-refractivity contribution < 1.29 is 24.5 Å². The van der Waals surface area contributed by atoms with Gasteiger partial charge < -0.3 is 20.3 Å². The number of aliphatic hydroxyl groups excluding tert-OH is 2. The molecular weight excluding hydrogens is 815 g/mol. The third-order valence-corrected chi connectivity index (χ3v) is 14.1. The summed E-state index contributed by atoms with van der Waals surface area (Å²) in [7, 11) is 0. The molecule has 0 aromatic rings. The minimum absolute atomic E-state index is 0.0129. The zero-order valence-corrected chi connectivity index (χ0v) is 44.7. The van der Waals surface area contributed by atoms with E-state index in [0.717, 1.165) is 57.8 Å². The van der Waals surface area contributed by atoms with E-state index in [1.54, 1.807) is 0 Å². The number of hydrogen-bond donors (Lipinski definition) is 3. The highest BCUT2D eigenvalue weighted by Gasteiger charge is 2.20. The summed E-state index contributed by atoms with van der Waals surface area (Å²) in [6.07, 6.45) is 66.3. The van der Waals surface area contributed by atoms with Crippen LogP contribution in [0.4, 0.5) is 0 Å². The van der Waals surface area contributed by atoms with Gasteiger partial charge in [0.15, 0.2) is 0 Å². The fourth-order valence-corrected chi connectivity index (χ4v) is 9.46. The second-order valence-corrected chi connectivity index (χ2v) is 20.7. The van der Waals surface area contributed by atoms with Gasteiger partial charge in [-0.25, -0.2) is 0 Å². The summed E-state index contributed by atoms with van der Waals surface area (Å²) in [5.41, 5.74) is 0. The zero-order valence-electron chi connectivity index (χ0n) is 44.7. The number of amides is 1. The third kappa shape index (κ3) is 52.0. The first-order chi connectivity index (χ1) is 32.5. The maximum atomic E-state index is 12.5. The van der Waals surface area contributed by atoms with Crippen molar-refractivity contribution in [3.63, 3.8) is 0 Å². The zero-order chi connectivity index (χ0) is 47.9. The van der Waals surface area contributed by atoms with E-state index >= 15 is 0 Å². The summed E-state index contributed by atoms with van der Waals surface area (Å²) in [5, 5.41) is 23.3. The van der Waals surface area contributed by atoms with Crippen LogP contribution < -0.4 is 5.32 Å². The molecule has 0 aliphatic carbocycles. The van der Waals surface area contributed by atoms with Gasteiger partial charge in [0.2, 0.25) is 5.91 Å². The average molecular weight is 933 g/mol. The molecule has 0 rings (SSSR count). The molecule has 0 spiro atoms. The van der Waals surface area contributed by atoms with E-state index in [9.17, 15) is 19.8 Å². The molecule has 0 fully saturated rings. The minimum Gasteiger partial charge on any atom is -0.466 e. The second kappa shape index (κ2) is 56.2. The number of carbonyl (C=O) groups excluding carboxylic acids is 2. The molecule has 0 aromatic carbocycles. The monoisotopic (exact) mass is 932 g/mol. The number of unbranched alkanes of at least 4 members (excludes halogenated alkanes) is 43. The second-order valence-electron chi connectivity index (χ2n) is 20.7. The summed E-state index contributed by atoms with van der Waals surface area (Å²) in [6.45, 7) is 4.93. The van der Waals surface area contributed by atoms with Gasteiger partial charge in [-0.1, -0.05) is 283 Å². The van der Waals surface area contributed by atoms with Crippen LogP contribution in [0.25, 0.3) is 0 Å². The van der Waals surface area contributed by atoms with Crippen LogP contribution in [0.15, 0.2) is 12.2 Å². The van der Waals surface area contributed by atoms with Crippen LogP contribution in [0, 0.1) is 0 Å². The highest BCUT2D eigenvalue weighted by atomic mass is 16.5. The van der Waals surface area contributed by atoms with Gasteiger partial charge in [-0.05, 0) is 51.4 Å². The third-order valence-electron chi connectivity index (χ3n) is 14.1. The summed E-state index contributed by atoms with van der Waals surface area (Å²) < 4.78 is 5.48. The van der Waals surface area contributed by atoms with E-state index in [1.165, 1.54) is 244 Å². The normalized spacial score (nSPS) is 12.6. The standard InChI is InChI=1S/C60H117NO5/c1-3-5-7-9-11-13-15-17-19-21-23-25-27-29-32-36-40-44-48-52-58(63)57(56-62)61-59(64)53-49-45-41-37-33-31-35-39-43-47-51-55-66-60(65)54-50-46-42-38-34-30-28-26-24-22-20-18-16-14-12-10-8-6-4-2/h18,20,57-58,62-63H,3-17,19,21-56H2,1-2H3,(H,61,64)/b20-18-. The Morgan fingerprint density at radius 3 is 1.08 bits per heavy atom.